The van der Waals surface area contributed by atoms with Crippen LogP contribution in [0.5, 0.6) is 0 Å². The molecule has 1 aliphatic heterocycles. The molecule has 0 aromatic rings. The standard InChI is InChI=1S/C16H26N2O4/c1-2-22-15(21)16(11-19)8-5-9-18(16)14(20)13(17)10-12-6-3-4-7-12/h11-13H,2-10,17H2,1H3/t13-,16+/m1/s1. The smallest absolute Gasteiger partial charge is 0.339 e. The average molecular weight is 310 g/mol. The van der Waals surface area contributed by atoms with Crippen molar-refractivity contribution in [2.24, 2.45) is 11.7 Å². The van der Waals surface area contributed by atoms with Crippen molar-refractivity contribution in [3.05, 3.63) is 0 Å². The summed E-state index contributed by atoms with van der Waals surface area (Å²) in [6, 6.07) is -0.644. The molecule has 2 N–H and O–H groups in total. The number of carbonyl (C=O) groups excluding carboxylic acids is 3. The van der Waals surface area contributed by atoms with Crippen LogP contribution in [-0.2, 0) is 19.1 Å². The third-order valence-electron chi connectivity index (χ3n) is 4.89. The van der Waals surface area contributed by atoms with Gasteiger partial charge >= 0.3 is 5.97 Å². The summed E-state index contributed by atoms with van der Waals surface area (Å²) in [4.78, 5) is 37.8. The highest BCUT2D eigenvalue weighted by molar-refractivity contribution is 6.03. The van der Waals surface area contributed by atoms with E-state index in [0.29, 0.717) is 38.0 Å². The highest BCUT2D eigenvalue weighted by Gasteiger charge is 2.52. The van der Waals surface area contributed by atoms with Crippen LogP contribution in [-0.4, -0.2) is 47.8 Å². The quantitative estimate of drug-likeness (QED) is 0.449. The van der Waals surface area contributed by atoms with Crippen LogP contribution in [0.4, 0.5) is 0 Å². The SMILES string of the molecule is CCOC(=O)[C@@]1(C=O)CCCN1C(=O)[C@H](N)CC1CCCC1. The van der Waals surface area contributed by atoms with Crippen molar-refractivity contribution in [3.8, 4) is 0 Å². The van der Waals surface area contributed by atoms with E-state index in [-0.39, 0.29) is 12.5 Å². The lowest BCUT2D eigenvalue weighted by Gasteiger charge is -2.33. The van der Waals surface area contributed by atoms with Crippen molar-refractivity contribution in [1.29, 1.82) is 0 Å². The fraction of sp³-hybridized carbons (Fsp3) is 0.812. The van der Waals surface area contributed by atoms with Crippen LogP contribution in [0.25, 0.3) is 0 Å². The number of hydrogen-bond donors (Lipinski definition) is 1. The number of nitrogens with zero attached hydrogens (tertiary/aromatic N) is 1. The Morgan fingerprint density at radius 2 is 2.05 bits per heavy atom. The highest BCUT2D eigenvalue weighted by Crippen LogP contribution is 2.32. The van der Waals surface area contributed by atoms with Crippen LogP contribution in [0.15, 0.2) is 0 Å². The number of rotatable bonds is 6. The summed E-state index contributed by atoms with van der Waals surface area (Å²) in [6.45, 7) is 2.25. The van der Waals surface area contributed by atoms with Gasteiger partial charge in [-0.15, -0.1) is 0 Å². The number of esters is 1. The van der Waals surface area contributed by atoms with Crippen LogP contribution in [0.3, 0.4) is 0 Å². The predicted molar refractivity (Wildman–Crippen MR) is 80.9 cm³/mol. The molecule has 1 heterocycles. The van der Waals surface area contributed by atoms with Crippen molar-refractivity contribution < 1.29 is 19.1 Å². The summed E-state index contributed by atoms with van der Waals surface area (Å²) in [5, 5.41) is 0. The fourth-order valence-electron chi connectivity index (χ4n) is 3.69. The Labute approximate surface area is 131 Å². The van der Waals surface area contributed by atoms with Crippen LogP contribution in [0.2, 0.25) is 0 Å². The number of aldehydes is 1. The maximum Gasteiger partial charge on any atom is 0.339 e. The van der Waals surface area contributed by atoms with Gasteiger partial charge in [-0.3, -0.25) is 4.79 Å². The molecule has 2 atom stereocenters. The van der Waals surface area contributed by atoms with Gasteiger partial charge in [0.05, 0.1) is 12.6 Å². The van der Waals surface area contributed by atoms with Crippen LogP contribution < -0.4 is 5.73 Å². The second kappa shape index (κ2) is 7.22. The van der Waals surface area contributed by atoms with Gasteiger partial charge in [0, 0.05) is 6.54 Å². The molecule has 1 aliphatic carbocycles. The molecule has 6 heteroatoms. The predicted octanol–water partition coefficient (Wildman–Crippen LogP) is 1.02. The van der Waals surface area contributed by atoms with E-state index in [9.17, 15) is 14.4 Å². The summed E-state index contributed by atoms with van der Waals surface area (Å²) in [6.07, 6.45) is 6.71. The second-order valence-electron chi connectivity index (χ2n) is 6.35. The van der Waals surface area contributed by atoms with Crippen LogP contribution >= 0.6 is 0 Å². The minimum Gasteiger partial charge on any atom is -0.464 e. The van der Waals surface area contributed by atoms with Gasteiger partial charge in [-0.25, -0.2) is 4.79 Å². The molecule has 0 aromatic carbocycles. The zero-order valence-electron chi connectivity index (χ0n) is 13.3. The van der Waals surface area contributed by atoms with Crippen molar-refractivity contribution >= 4 is 18.2 Å². The molecule has 1 amide bonds. The van der Waals surface area contributed by atoms with Gasteiger partial charge < -0.3 is 20.2 Å². The van der Waals surface area contributed by atoms with Crippen molar-refractivity contribution in [2.45, 2.75) is 63.5 Å². The van der Waals surface area contributed by atoms with Crippen LogP contribution in [0, 0.1) is 5.92 Å². The van der Waals surface area contributed by atoms with E-state index in [2.05, 4.69) is 0 Å². The third-order valence-corrected chi connectivity index (χ3v) is 4.89. The number of likely N-dealkylation sites (tertiary alicyclic amines) is 1. The van der Waals surface area contributed by atoms with Gasteiger partial charge in [0.15, 0.2) is 11.8 Å². The molecule has 124 valence electrons. The molecule has 1 saturated heterocycles. The number of nitrogens with two attached hydrogens (primary N) is 1. The lowest BCUT2D eigenvalue weighted by molar-refractivity contribution is -0.163. The molecule has 0 bridgehead atoms. The maximum atomic E-state index is 12.7. The zero-order chi connectivity index (χ0) is 16.2. The van der Waals surface area contributed by atoms with E-state index < -0.39 is 17.6 Å². The van der Waals surface area contributed by atoms with Gasteiger partial charge in [0.1, 0.15) is 0 Å². The largest absolute Gasteiger partial charge is 0.464 e. The van der Waals surface area contributed by atoms with E-state index in [1.54, 1.807) is 6.92 Å². The molecule has 0 spiro atoms. The van der Waals surface area contributed by atoms with E-state index in [1.165, 1.54) is 17.7 Å². The number of hydrogen-bond acceptors (Lipinski definition) is 5. The Hall–Kier alpha value is -1.43. The Morgan fingerprint density at radius 3 is 2.64 bits per heavy atom. The molecule has 1 saturated carbocycles. The summed E-state index contributed by atoms with van der Waals surface area (Å²) in [5.74, 6) is -0.455. The summed E-state index contributed by atoms with van der Waals surface area (Å²) in [5.41, 5.74) is 4.60. The molecule has 0 radical (unpaired) electrons. The van der Waals surface area contributed by atoms with Crippen molar-refractivity contribution in [2.75, 3.05) is 13.2 Å². The fourth-order valence-corrected chi connectivity index (χ4v) is 3.69. The average Bonchev–Trinajstić information content (AvgIpc) is 3.16. The van der Waals surface area contributed by atoms with Gasteiger partial charge in [-0.1, -0.05) is 25.7 Å². The van der Waals surface area contributed by atoms with Crippen molar-refractivity contribution in [3.63, 3.8) is 0 Å². The number of ether oxygens (including phenoxy) is 1. The normalized spacial score (nSPS) is 26.9. The first-order chi connectivity index (χ1) is 10.5. The zero-order valence-corrected chi connectivity index (χ0v) is 13.3. The molecule has 2 fully saturated rings. The maximum absolute atomic E-state index is 12.7. The lowest BCUT2D eigenvalue weighted by Crippen LogP contribution is -2.58. The Balaban J connectivity index is 2.08. The van der Waals surface area contributed by atoms with E-state index in [0.717, 1.165) is 12.8 Å². The molecule has 6 nitrogen and oxygen atoms in total. The minimum absolute atomic E-state index is 0.185. The lowest BCUT2D eigenvalue weighted by atomic mass is 9.95. The van der Waals surface area contributed by atoms with Gasteiger partial charge in [-0.05, 0) is 32.1 Å². The monoisotopic (exact) mass is 310 g/mol. The van der Waals surface area contributed by atoms with Gasteiger partial charge in [0.2, 0.25) is 5.91 Å². The summed E-state index contributed by atoms with van der Waals surface area (Å²) >= 11 is 0. The summed E-state index contributed by atoms with van der Waals surface area (Å²) < 4.78 is 5.01. The van der Waals surface area contributed by atoms with Crippen molar-refractivity contribution in [1.82, 2.24) is 4.90 Å². The molecule has 0 unspecified atom stereocenters. The van der Waals surface area contributed by atoms with E-state index >= 15 is 0 Å². The molecule has 2 rings (SSSR count). The van der Waals surface area contributed by atoms with E-state index in [4.69, 9.17) is 10.5 Å². The number of amides is 1. The first kappa shape index (κ1) is 16.9. The molecular formula is C16H26N2O4. The minimum atomic E-state index is -1.47. The second-order valence-corrected chi connectivity index (χ2v) is 6.35. The molecule has 22 heavy (non-hydrogen) atoms. The van der Waals surface area contributed by atoms with Crippen LogP contribution in [0.1, 0.15) is 51.9 Å². The van der Waals surface area contributed by atoms with Gasteiger partial charge in [0.25, 0.3) is 0 Å². The number of carbonyl (C=O) groups is 3. The third kappa shape index (κ3) is 3.16. The highest BCUT2D eigenvalue weighted by atomic mass is 16.5. The molecular weight excluding hydrogens is 284 g/mol. The Bertz CT molecular complexity index is 434. The Kier molecular flexibility index (Phi) is 5.56. The molecule has 2 aliphatic rings. The first-order valence-electron chi connectivity index (χ1n) is 8.25. The Morgan fingerprint density at radius 1 is 1.36 bits per heavy atom. The van der Waals surface area contributed by atoms with E-state index in [1.807, 2.05) is 0 Å². The first-order valence-corrected chi connectivity index (χ1v) is 8.25. The van der Waals surface area contributed by atoms with Gasteiger partial charge in [-0.2, -0.15) is 0 Å². The summed E-state index contributed by atoms with van der Waals surface area (Å²) in [7, 11) is 0. The topological polar surface area (TPSA) is 89.7 Å². The molecule has 0 aromatic heterocycles.